The average molecular weight is 346 g/mol. The second-order valence-corrected chi connectivity index (χ2v) is 6.77. The minimum Gasteiger partial charge on any atom is -0.375 e. The van der Waals surface area contributed by atoms with Gasteiger partial charge in [0, 0.05) is 33.3 Å². The molecule has 1 atom stereocenters. The summed E-state index contributed by atoms with van der Waals surface area (Å²) in [6, 6.07) is 10.0. The molecule has 0 unspecified atom stereocenters. The average Bonchev–Trinajstić information content (AvgIpc) is 2.61. The molecule has 3 rings (SSSR count). The van der Waals surface area contributed by atoms with Crippen LogP contribution in [0.3, 0.4) is 0 Å². The molecule has 0 N–H and O–H groups in total. The van der Waals surface area contributed by atoms with Crippen LogP contribution >= 0.6 is 0 Å². The molecule has 6 heteroatoms. The van der Waals surface area contributed by atoms with E-state index in [2.05, 4.69) is 0 Å². The molecule has 2 fully saturated rings. The van der Waals surface area contributed by atoms with Crippen LogP contribution in [0.1, 0.15) is 18.4 Å². The first-order valence-corrected chi connectivity index (χ1v) is 8.88. The highest BCUT2D eigenvalue weighted by Gasteiger charge is 2.37. The zero-order valence-corrected chi connectivity index (χ0v) is 14.7. The van der Waals surface area contributed by atoms with Gasteiger partial charge in [0.1, 0.15) is 6.61 Å². The number of carbonyl (C=O) groups is 2. The van der Waals surface area contributed by atoms with E-state index in [9.17, 15) is 9.59 Å². The Hall–Kier alpha value is -1.92. The van der Waals surface area contributed by atoms with Crippen molar-refractivity contribution in [1.29, 1.82) is 0 Å². The lowest BCUT2D eigenvalue weighted by molar-refractivity contribution is -0.153. The van der Waals surface area contributed by atoms with Gasteiger partial charge in [0.05, 0.1) is 18.6 Å². The Kier molecular flexibility index (Phi) is 6.04. The lowest BCUT2D eigenvalue weighted by Gasteiger charge is -2.42. The number of hydrogen-bond donors (Lipinski definition) is 0. The Bertz CT molecular complexity index is 586. The van der Waals surface area contributed by atoms with E-state index in [1.165, 1.54) is 7.11 Å². The van der Waals surface area contributed by atoms with Crippen molar-refractivity contribution in [3.05, 3.63) is 35.9 Å². The molecule has 0 saturated carbocycles. The van der Waals surface area contributed by atoms with E-state index >= 15 is 0 Å². The minimum absolute atomic E-state index is 0.0346. The first kappa shape index (κ1) is 17.9. The smallest absolute Gasteiger partial charge is 0.248 e. The molecule has 2 aliphatic heterocycles. The molecule has 0 radical (unpaired) electrons. The third kappa shape index (κ3) is 4.58. The molecule has 0 bridgehead atoms. The van der Waals surface area contributed by atoms with E-state index in [1.54, 1.807) is 4.90 Å². The number of ether oxygens (including phenoxy) is 2. The first-order valence-electron chi connectivity index (χ1n) is 8.88. The Morgan fingerprint density at radius 2 is 1.88 bits per heavy atom. The Labute approximate surface area is 148 Å². The number of likely N-dealkylation sites (tertiary alicyclic amines) is 2. The van der Waals surface area contributed by atoms with Crippen LogP contribution in [0.4, 0.5) is 0 Å². The van der Waals surface area contributed by atoms with E-state index in [0.29, 0.717) is 26.2 Å². The van der Waals surface area contributed by atoms with Crippen molar-refractivity contribution in [1.82, 2.24) is 9.80 Å². The van der Waals surface area contributed by atoms with E-state index in [0.717, 1.165) is 24.9 Å². The van der Waals surface area contributed by atoms with Crippen molar-refractivity contribution in [2.24, 2.45) is 5.92 Å². The van der Waals surface area contributed by atoms with Crippen molar-refractivity contribution in [2.75, 3.05) is 39.9 Å². The highest BCUT2D eigenvalue weighted by atomic mass is 16.5. The molecule has 1 aromatic carbocycles. The second kappa shape index (κ2) is 8.45. The lowest BCUT2D eigenvalue weighted by atomic mass is 9.94. The summed E-state index contributed by atoms with van der Waals surface area (Å²) in [6.45, 7) is 3.18. The largest absolute Gasteiger partial charge is 0.375 e. The van der Waals surface area contributed by atoms with Gasteiger partial charge in [-0.05, 0) is 18.4 Å². The van der Waals surface area contributed by atoms with Crippen molar-refractivity contribution < 1.29 is 19.1 Å². The van der Waals surface area contributed by atoms with Crippen LogP contribution in [-0.2, 0) is 25.7 Å². The maximum atomic E-state index is 12.6. The predicted octanol–water partition coefficient (Wildman–Crippen LogP) is 1.30. The number of carbonyl (C=O) groups excluding carboxylic acids is 2. The summed E-state index contributed by atoms with van der Waals surface area (Å²) in [6.07, 6.45) is 1.83. The van der Waals surface area contributed by atoms with Crippen LogP contribution in [0.5, 0.6) is 0 Å². The normalized spacial score (nSPS) is 21.1. The summed E-state index contributed by atoms with van der Waals surface area (Å²) in [4.78, 5) is 28.2. The zero-order valence-electron chi connectivity index (χ0n) is 14.7. The highest BCUT2D eigenvalue weighted by molar-refractivity contribution is 5.82. The summed E-state index contributed by atoms with van der Waals surface area (Å²) >= 11 is 0. The van der Waals surface area contributed by atoms with Gasteiger partial charge in [-0.3, -0.25) is 9.59 Å². The second-order valence-electron chi connectivity index (χ2n) is 6.77. The molecule has 0 aromatic heterocycles. The van der Waals surface area contributed by atoms with Gasteiger partial charge < -0.3 is 19.3 Å². The van der Waals surface area contributed by atoms with Gasteiger partial charge in [-0.2, -0.15) is 0 Å². The number of rotatable bonds is 6. The van der Waals surface area contributed by atoms with Gasteiger partial charge in [-0.1, -0.05) is 30.3 Å². The molecular formula is C19H26N2O4. The molecule has 6 nitrogen and oxygen atoms in total. The third-order valence-corrected chi connectivity index (χ3v) is 4.88. The van der Waals surface area contributed by atoms with E-state index in [-0.39, 0.29) is 30.4 Å². The zero-order chi connectivity index (χ0) is 17.6. The van der Waals surface area contributed by atoms with Gasteiger partial charge in [0.15, 0.2) is 0 Å². The van der Waals surface area contributed by atoms with Crippen LogP contribution < -0.4 is 0 Å². The van der Waals surface area contributed by atoms with Crippen molar-refractivity contribution in [3.8, 4) is 0 Å². The molecule has 0 aliphatic carbocycles. The number of piperidine rings is 1. The van der Waals surface area contributed by atoms with Crippen molar-refractivity contribution >= 4 is 11.8 Å². The molecule has 2 amide bonds. The number of nitrogens with zero attached hydrogens (tertiary/aromatic N) is 2. The van der Waals surface area contributed by atoms with Crippen LogP contribution in [-0.4, -0.2) is 67.6 Å². The molecule has 136 valence electrons. The third-order valence-electron chi connectivity index (χ3n) is 4.88. The van der Waals surface area contributed by atoms with Gasteiger partial charge in [-0.15, -0.1) is 0 Å². The number of benzene rings is 1. The topological polar surface area (TPSA) is 59.1 Å². The molecule has 2 saturated heterocycles. The fraction of sp³-hybridized carbons (Fsp3) is 0.579. The van der Waals surface area contributed by atoms with E-state index in [4.69, 9.17) is 9.47 Å². The summed E-state index contributed by atoms with van der Waals surface area (Å²) in [5.74, 6) is 0.0202. The SMILES string of the molecule is COCC(=O)N1CCC[C@@H](C(=O)N2CC(OCc3ccccc3)C2)C1. The summed E-state index contributed by atoms with van der Waals surface area (Å²) in [5.41, 5.74) is 1.15. The molecular weight excluding hydrogens is 320 g/mol. The maximum absolute atomic E-state index is 12.6. The summed E-state index contributed by atoms with van der Waals surface area (Å²) < 4.78 is 10.8. The highest BCUT2D eigenvalue weighted by Crippen LogP contribution is 2.23. The monoisotopic (exact) mass is 346 g/mol. The number of methoxy groups -OCH3 is 1. The van der Waals surface area contributed by atoms with Gasteiger partial charge >= 0.3 is 0 Å². The quantitative estimate of drug-likeness (QED) is 0.779. The Morgan fingerprint density at radius 3 is 2.60 bits per heavy atom. The van der Waals surface area contributed by atoms with Crippen LogP contribution in [0.15, 0.2) is 30.3 Å². The molecule has 1 aromatic rings. The van der Waals surface area contributed by atoms with Crippen molar-refractivity contribution in [2.45, 2.75) is 25.6 Å². The first-order chi connectivity index (χ1) is 12.2. The van der Waals surface area contributed by atoms with Gasteiger partial charge in [0.25, 0.3) is 0 Å². The molecule has 25 heavy (non-hydrogen) atoms. The Balaban J connectivity index is 1.41. The molecule has 2 heterocycles. The number of amides is 2. The minimum atomic E-state index is -0.0929. The Morgan fingerprint density at radius 1 is 1.12 bits per heavy atom. The summed E-state index contributed by atoms with van der Waals surface area (Å²) in [7, 11) is 1.51. The van der Waals surface area contributed by atoms with Crippen LogP contribution in [0, 0.1) is 5.92 Å². The molecule has 2 aliphatic rings. The maximum Gasteiger partial charge on any atom is 0.248 e. The molecule has 0 spiro atoms. The summed E-state index contributed by atoms with van der Waals surface area (Å²) in [5, 5.41) is 0. The fourth-order valence-electron chi connectivity index (χ4n) is 3.39. The van der Waals surface area contributed by atoms with Crippen molar-refractivity contribution in [3.63, 3.8) is 0 Å². The standard InChI is InChI=1S/C19H26N2O4/c1-24-14-18(22)20-9-5-8-16(10-20)19(23)21-11-17(12-21)25-13-15-6-3-2-4-7-15/h2-4,6-7,16-17H,5,8-14H2,1H3/t16-/m1/s1. The van der Waals surface area contributed by atoms with E-state index in [1.807, 2.05) is 35.2 Å². The fourth-order valence-corrected chi connectivity index (χ4v) is 3.39. The predicted molar refractivity (Wildman–Crippen MR) is 92.8 cm³/mol. The van der Waals surface area contributed by atoms with Gasteiger partial charge in [-0.25, -0.2) is 0 Å². The lowest BCUT2D eigenvalue weighted by Crippen LogP contribution is -2.58. The van der Waals surface area contributed by atoms with E-state index < -0.39 is 0 Å². The van der Waals surface area contributed by atoms with Gasteiger partial charge in [0.2, 0.25) is 11.8 Å². The van der Waals surface area contributed by atoms with Crippen LogP contribution in [0.2, 0.25) is 0 Å². The number of hydrogen-bond acceptors (Lipinski definition) is 4. The van der Waals surface area contributed by atoms with Crippen LogP contribution in [0.25, 0.3) is 0 Å².